The molecule has 172 valence electrons. The molecule has 2 aromatic carbocycles. The molecule has 7 heteroatoms. The molecular formula is C25H32N2O5. The van der Waals surface area contributed by atoms with Crippen molar-refractivity contribution in [3.8, 4) is 11.5 Å². The minimum absolute atomic E-state index is 0.114. The summed E-state index contributed by atoms with van der Waals surface area (Å²) in [6.45, 7) is 5.94. The predicted molar refractivity (Wildman–Crippen MR) is 122 cm³/mol. The number of benzene rings is 2. The van der Waals surface area contributed by atoms with Gasteiger partial charge in [0.05, 0.1) is 25.8 Å². The van der Waals surface area contributed by atoms with E-state index in [1.54, 1.807) is 31.4 Å². The van der Waals surface area contributed by atoms with Crippen LogP contribution in [-0.2, 0) is 14.9 Å². The number of carbonyl (C=O) groups is 2. The quantitative estimate of drug-likeness (QED) is 0.626. The fourth-order valence-corrected chi connectivity index (χ4v) is 4.06. The highest BCUT2D eigenvalue weighted by Crippen LogP contribution is 2.40. The van der Waals surface area contributed by atoms with E-state index in [2.05, 4.69) is 16.7 Å². The van der Waals surface area contributed by atoms with Crippen molar-refractivity contribution in [3.63, 3.8) is 0 Å². The smallest absolute Gasteiger partial charge is 0.255 e. The summed E-state index contributed by atoms with van der Waals surface area (Å²) in [7, 11) is 1.66. The first-order valence-corrected chi connectivity index (χ1v) is 11.0. The maximum atomic E-state index is 12.6. The molecule has 1 aliphatic rings. The second-order valence-electron chi connectivity index (χ2n) is 7.99. The molecule has 0 radical (unpaired) electrons. The minimum Gasteiger partial charge on any atom is -0.496 e. The van der Waals surface area contributed by atoms with Crippen molar-refractivity contribution in [1.82, 2.24) is 10.6 Å². The average Bonchev–Trinajstić information content (AvgIpc) is 2.82. The highest BCUT2D eigenvalue weighted by molar-refractivity contribution is 5.98. The third-order valence-electron chi connectivity index (χ3n) is 5.84. The Morgan fingerprint density at radius 1 is 1.06 bits per heavy atom. The first-order valence-electron chi connectivity index (χ1n) is 11.0. The number of ether oxygens (including phenoxy) is 3. The summed E-state index contributed by atoms with van der Waals surface area (Å²) in [4.78, 5) is 25.2. The predicted octanol–water partition coefficient (Wildman–Crippen LogP) is 3.00. The molecule has 0 aromatic heterocycles. The van der Waals surface area contributed by atoms with Crippen molar-refractivity contribution in [1.29, 1.82) is 0 Å². The van der Waals surface area contributed by atoms with Crippen molar-refractivity contribution in [3.05, 3.63) is 59.2 Å². The molecule has 0 spiro atoms. The van der Waals surface area contributed by atoms with Crippen LogP contribution in [-0.4, -0.2) is 51.8 Å². The molecule has 1 heterocycles. The van der Waals surface area contributed by atoms with Crippen LogP contribution in [0.1, 0.15) is 41.3 Å². The number of para-hydroxylation sites is 1. The van der Waals surface area contributed by atoms with Gasteiger partial charge in [0.1, 0.15) is 11.5 Å². The second-order valence-corrected chi connectivity index (χ2v) is 7.99. The Hall–Kier alpha value is -3.06. The van der Waals surface area contributed by atoms with E-state index in [0.717, 1.165) is 29.7 Å². The first kappa shape index (κ1) is 23.6. The lowest BCUT2D eigenvalue weighted by molar-refractivity contribution is -0.120. The summed E-state index contributed by atoms with van der Waals surface area (Å²) < 4.78 is 16.7. The zero-order valence-corrected chi connectivity index (χ0v) is 19.0. The van der Waals surface area contributed by atoms with Crippen LogP contribution in [0.25, 0.3) is 0 Å². The third-order valence-corrected chi connectivity index (χ3v) is 5.84. The summed E-state index contributed by atoms with van der Waals surface area (Å²) in [6.07, 6.45) is 1.56. The molecule has 2 N–H and O–H groups in total. The Kier molecular flexibility index (Phi) is 8.11. The van der Waals surface area contributed by atoms with Crippen molar-refractivity contribution in [2.75, 3.05) is 40.0 Å². The van der Waals surface area contributed by atoms with Crippen molar-refractivity contribution < 1.29 is 23.8 Å². The van der Waals surface area contributed by atoms with Crippen molar-refractivity contribution in [2.24, 2.45) is 0 Å². The van der Waals surface area contributed by atoms with Crippen LogP contribution in [0.2, 0.25) is 0 Å². The Morgan fingerprint density at radius 3 is 2.53 bits per heavy atom. The number of nitrogens with one attached hydrogen (secondary N) is 2. The summed E-state index contributed by atoms with van der Waals surface area (Å²) in [5.74, 6) is 0.725. The minimum atomic E-state index is -0.342. The van der Waals surface area contributed by atoms with E-state index in [1.807, 2.05) is 26.0 Å². The van der Waals surface area contributed by atoms with Crippen LogP contribution in [0.15, 0.2) is 42.5 Å². The molecule has 1 aliphatic heterocycles. The third kappa shape index (κ3) is 5.59. The number of aryl methyl sites for hydroxylation is 1. The van der Waals surface area contributed by atoms with Gasteiger partial charge in [-0.05, 0) is 44.9 Å². The lowest BCUT2D eigenvalue weighted by atomic mass is 9.73. The van der Waals surface area contributed by atoms with Crippen molar-refractivity contribution >= 4 is 11.8 Å². The van der Waals surface area contributed by atoms with Gasteiger partial charge in [-0.1, -0.05) is 29.8 Å². The maximum Gasteiger partial charge on any atom is 0.255 e. The van der Waals surface area contributed by atoms with E-state index in [-0.39, 0.29) is 23.8 Å². The van der Waals surface area contributed by atoms with Gasteiger partial charge in [-0.25, -0.2) is 0 Å². The zero-order chi connectivity index (χ0) is 23.0. The van der Waals surface area contributed by atoms with E-state index < -0.39 is 0 Å². The van der Waals surface area contributed by atoms with Gasteiger partial charge < -0.3 is 24.8 Å². The monoisotopic (exact) mass is 440 g/mol. The molecule has 0 aliphatic carbocycles. The first-order chi connectivity index (χ1) is 15.5. The standard InChI is InChI=1S/C25H32N2O5/c1-4-32-21-8-6-5-7-19(21)24(29)26-16-23(28)27-17-25(11-13-31-14-12-25)20-15-18(2)9-10-22(20)30-3/h5-10,15H,4,11-14,16-17H2,1-3H3,(H,26,29)(H,27,28). The molecule has 1 saturated heterocycles. The molecule has 0 atom stereocenters. The SMILES string of the molecule is CCOc1ccccc1C(=O)NCC(=O)NCC1(c2cc(C)ccc2OC)CCOCC1. The average molecular weight is 441 g/mol. The number of amides is 2. The van der Waals surface area contributed by atoms with E-state index in [4.69, 9.17) is 14.2 Å². The van der Waals surface area contributed by atoms with Gasteiger partial charge in [0.2, 0.25) is 5.91 Å². The molecule has 1 fully saturated rings. The highest BCUT2D eigenvalue weighted by atomic mass is 16.5. The number of hydrogen-bond acceptors (Lipinski definition) is 5. The molecule has 32 heavy (non-hydrogen) atoms. The van der Waals surface area contributed by atoms with Crippen LogP contribution >= 0.6 is 0 Å². The van der Waals surface area contributed by atoms with Gasteiger partial charge in [-0.2, -0.15) is 0 Å². The molecule has 3 rings (SSSR count). The summed E-state index contributed by atoms with van der Waals surface area (Å²) in [6, 6.07) is 13.1. The summed E-state index contributed by atoms with van der Waals surface area (Å²) >= 11 is 0. The van der Waals surface area contributed by atoms with Gasteiger partial charge in [-0.3, -0.25) is 9.59 Å². The Morgan fingerprint density at radius 2 is 1.81 bits per heavy atom. The fraction of sp³-hybridized carbons (Fsp3) is 0.440. The van der Waals surface area contributed by atoms with Crippen LogP contribution in [0.3, 0.4) is 0 Å². The van der Waals surface area contributed by atoms with E-state index >= 15 is 0 Å². The molecule has 0 unspecified atom stereocenters. The fourth-order valence-electron chi connectivity index (χ4n) is 4.06. The van der Waals surface area contributed by atoms with Crippen LogP contribution in [0.5, 0.6) is 11.5 Å². The lowest BCUT2D eigenvalue weighted by Gasteiger charge is -2.38. The number of methoxy groups -OCH3 is 1. The number of carbonyl (C=O) groups excluding carboxylic acids is 2. The Labute approximate surface area is 189 Å². The lowest BCUT2D eigenvalue weighted by Crippen LogP contribution is -2.47. The second kappa shape index (κ2) is 11.0. The van der Waals surface area contributed by atoms with Gasteiger partial charge in [-0.15, -0.1) is 0 Å². The summed E-state index contributed by atoms with van der Waals surface area (Å²) in [5, 5.41) is 5.70. The normalized spacial score (nSPS) is 15.0. The van der Waals surface area contributed by atoms with Gasteiger partial charge in [0.25, 0.3) is 5.91 Å². The highest BCUT2D eigenvalue weighted by Gasteiger charge is 2.37. The van der Waals surface area contributed by atoms with Crippen LogP contribution in [0.4, 0.5) is 0 Å². The number of hydrogen-bond donors (Lipinski definition) is 2. The molecular weight excluding hydrogens is 408 g/mol. The van der Waals surface area contributed by atoms with E-state index in [9.17, 15) is 9.59 Å². The molecule has 0 saturated carbocycles. The topological polar surface area (TPSA) is 85.9 Å². The maximum absolute atomic E-state index is 12.6. The van der Waals surface area contributed by atoms with E-state index in [1.165, 1.54) is 0 Å². The Balaban J connectivity index is 1.65. The molecule has 2 amide bonds. The number of rotatable bonds is 9. The molecule has 0 bridgehead atoms. The summed E-state index contributed by atoms with van der Waals surface area (Å²) in [5.41, 5.74) is 2.35. The van der Waals surface area contributed by atoms with Gasteiger partial charge >= 0.3 is 0 Å². The van der Waals surface area contributed by atoms with Crippen LogP contribution < -0.4 is 20.1 Å². The van der Waals surface area contributed by atoms with Crippen LogP contribution in [0, 0.1) is 6.92 Å². The van der Waals surface area contributed by atoms with Gasteiger partial charge in [0.15, 0.2) is 0 Å². The van der Waals surface area contributed by atoms with Gasteiger partial charge in [0, 0.05) is 30.7 Å². The largest absolute Gasteiger partial charge is 0.496 e. The molecule has 7 nitrogen and oxygen atoms in total. The Bertz CT molecular complexity index is 938. The molecule has 2 aromatic rings. The zero-order valence-electron chi connectivity index (χ0n) is 19.0. The van der Waals surface area contributed by atoms with E-state index in [0.29, 0.717) is 37.7 Å². The van der Waals surface area contributed by atoms with Crippen molar-refractivity contribution in [2.45, 2.75) is 32.1 Å².